The van der Waals surface area contributed by atoms with Crippen molar-refractivity contribution in [3.8, 4) is 0 Å². The van der Waals surface area contributed by atoms with Crippen molar-refractivity contribution in [3.63, 3.8) is 0 Å². The average Bonchev–Trinajstić information content (AvgIpc) is 2.98. The van der Waals surface area contributed by atoms with E-state index in [1.54, 1.807) is 0 Å². The Kier molecular flexibility index (Phi) is 7.24. The molecule has 0 spiro atoms. The van der Waals surface area contributed by atoms with Gasteiger partial charge < -0.3 is 15.3 Å². The number of fused-ring (bicyclic) bond motifs is 5. The second-order valence-electron chi connectivity index (χ2n) is 11.4. The van der Waals surface area contributed by atoms with E-state index in [0.717, 1.165) is 32.1 Å². The van der Waals surface area contributed by atoms with Gasteiger partial charge in [0.25, 0.3) is 0 Å². The van der Waals surface area contributed by atoms with Crippen molar-refractivity contribution in [1.29, 1.82) is 0 Å². The first kappa shape index (κ1) is 24.0. The van der Waals surface area contributed by atoms with Crippen LogP contribution in [0.4, 0.5) is 0 Å². The van der Waals surface area contributed by atoms with Gasteiger partial charge in [-0.15, -0.1) is 0 Å². The zero-order valence-electron chi connectivity index (χ0n) is 18.9. The van der Waals surface area contributed by atoms with Crippen LogP contribution in [0.15, 0.2) is 0 Å². The molecule has 4 nitrogen and oxygen atoms in total. The predicted octanol–water partition coefficient (Wildman–Crippen LogP) is 4.10. The number of rotatable bonds is 4. The fraction of sp³-hybridized carbons (Fsp3) is 0.958. The number of carboxylic acids is 1. The van der Waals surface area contributed by atoms with Crippen molar-refractivity contribution in [1.82, 2.24) is 0 Å². The van der Waals surface area contributed by atoms with Gasteiger partial charge in [0.15, 0.2) is 0 Å². The van der Waals surface area contributed by atoms with Crippen LogP contribution in [0.1, 0.15) is 85.0 Å². The Labute approximate surface area is 198 Å². The van der Waals surface area contributed by atoms with Crippen molar-refractivity contribution in [3.05, 3.63) is 0 Å². The zero-order valence-corrected chi connectivity index (χ0v) is 20.9. The van der Waals surface area contributed by atoms with Crippen molar-refractivity contribution in [2.45, 2.75) is 97.2 Å². The molecule has 4 saturated carbocycles. The summed E-state index contributed by atoms with van der Waals surface area (Å²) >= 11 is 0. The van der Waals surface area contributed by atoms with Crippen LogP contribution in [0.5, 0.6) is 0 Å². The Balaban J connectivity index is 0.00000240. The number of hydrogen-bond acceptors (Lipinski definition) is 3. The first-order chi connectivity index (χ1) is 13.2. The molecule has 0 aromatic rings. The van der Waals surface area contributed by atoms with Gasteiger partial charge in [0.1, 0.15) is 0 Å². The minimum absolute atomic E-state index is 0. The maximum atomic E-state index is 11.2. The van der Waals surface area contributed by atoms with Gasteiger partial charge in [-0.05, 0) is 104 Å². The quantitative estimate of drug-likeness (QED) is 0.604. The van der Waals surface area contributed by atoms with Crippen molar-refractivity contribution in [2.75, 3.05) is 0 Å². The van der Waals surface area contributed by atoms with Crippen LogP contribution in [0.3, 0.4) is 0 Å². The number of aliphatic carboxylic acids is 1. The van der Waals surface area contributed by atoms with E-state index in [9.17, 15) is 15.0 Å². The summed E-state index contributed by atoms with van der Waals surface area (Å²) in [6.45, 7) is 7.16. The summed E-state index contributed by atoms with van der Waals surface area (Å²) in [6, 6.07) is 0. The van der Waals surface area contributed by atoms with E-state index in [2.05, 4.69) is 20.8 Å². The third kappa shape index (κ3) is 3.99. The third-order valence-electron chi connectivity index (χ3n) is 10.2. The van der Waals surface area contributed by atoms with Gasteiger partial charge in [0.05, 0.1) is 12.2 Å². The van der Waals surface area contributed by atoms with Gasteiger partial charge >= 0.3 is 5.97 Å². The van der Waals surface area contributed by atoms with Crippen LogP contribution < -0.4 is 0 Å². The minimum atomic E-state index is -0.684. The Hall–Kier alpha value is 0.390. The molecule has 0 aliphatic heterocycles. The van der Waals surface area contributed by atoms with E-state index >= 15 is 0 Å². The molecule has 0 heterocycles. The van der Waals surface area contributed by atoms with Gasteiger partial charge in [-0.1, -0.05) is 20.8 Å². The smallest absolute Gasteiger partial charge is 0.303 e. The molecule has 0 aromatic carbocycles. The Morgan fingerprint density at radius 2 is 1.66 bits per heavy atom. The molecule has 4 aliphatic rings. The number of aliphatic hydroxyl groups excluding tert-OH is 2. The number of carboxylic acid groups (broad SMARTS) is 1. The number of carbonyl (C=O) groups is 1. The molecule has 0 amide bonds. The molecule has 4 fully saturated rings. The predicted molar refractivity (Wildman–Crippen MR) is 114 cm³/mol. The van der Waals surface area contributed by atoms with Gasteiger partial charge in [0.2, 0.25) is 0 Å². The molecular formula is C24H40NaO4. The van der Waals surface area contributed by atoms with Gasteiger partial charge in [-0.2, -0.15) is 0 Å². The maximum absolute atomic E-state index is 11.2. The summed E-state index contributed by atoms with van der Waals surface area (Å²) in [4.78, 5) is 11.1. The largest absolute Gasteiger partial charge is 0.481 e. The van der Waals surface area contributed by atoms with Crippen LogP contribution in [-0.2, 0) is 4.79 Å². The molecule has 0 bridgehead atoms. The molecule has 10 atom stereocenters. The minimum Gasteiger partial charge on any atom is -0.481 e. The second kappa shape index (κ2) is 8.73. The summed E-state index contributed by atoms with van der Waals surface area (Å²) in [7, 11) is 0. The van der Waals surface area contributed by atoms with Crippen LogP contribution in [-0.4, -0.2) is 63.1 Å². The molecule has 161 valence electrons. The summed E-state index contributed by atoms with van der Waals surface area (Å²) < 4.78 is 0. The van der Waals surface area contributed by atoms with E-state index in [-0.39, 0.29) is 59.0 Å². The topological polar surface area (TPSA) is 77.8 Å². The van der Waals surface area contributed by atoms with Crippen molar-refractivity contribution < 1.29 is 20.1 Å². The molecule has 0 saturated heterocycles. The normalized spacial score (nSPS) is 49.9. The van der Waals surface area contributed by atoms with Crippen LogP contribution in [0.25, 0.3) is 0 Å². The van der Waals surface area contributed by atoms with E-state index in [0.29, 0.717) is 35.5 Å². The molecule has 3 N–H and O–H groups in total. The molecule has 4 rings (SSSR count). The fourth-order valence-electron chi connectivity index (χ4n) is 8.73. The average molecular weight is 416 g/mol. The first-order valence-corrected chi connectivity index (χ1v) is 11.7. The second-order valence-corrected chi connectivity index (χ2v) is 11.4. The number of hydrogen-bond donors (Lipinski definition) is 3. The summed E-state index contributed by atoms with van der Waals surface area (Å²) in [6.07, 6.45) is 9.19. The SMILES string of the molecule is C[C@H](CCC(=O)O)[C@H]1CC[C@H]2[C@@H]3[C@H](O)C[C@@H]4C[C@H](O)CC[C@]4(C)[C@H]3CC[C@]12C.[Na]. The monoisotopic (exact) mass is 415 g/mol. The Morgan fingerprint density at radius 1 is 1.00 bits per heavy atom. The van der Waals surface area contributed by atoms with Gasteiger partial charge in [-0.25, -0.2) is 0 Å². The van der Waals surface area contributed by atoms with Crippen LogP contribution >= 0.6 is 0 Å². The number of aliphatic hydroxyl groups is 2. The standard InChI is InChI=1S/C24H40O4.Na/c1-14(4-7-21(27)28)17-5-6-18-22-19(9-11-24(17,18)3)23(2)10-8-16(25)12-15(23)13-20(22)26;/h14-20,22,25-26H,4-13H2,1-3H3,(H,27,28);/t14-,15+,16-,17-,18+,19+,20-,22+,23+,24-;/m1./s1. The molecule has 1 radical (unpaired) electrons. The fourth-order valence-corrected chi connectivity index (χ4v) is 8.73. The zero-order chi connectivity index (χ0) is 20.3. The van der Waals surface area contributed by atoms with Crippen LogP contribution in [0.2, 0.25) is 0 Å². The van der Waals surface area contributed by atoms with Crippen LogP contribution in [0, 0.1) is 46.3 Å². The Morgan fingerprint density at radius 3 is 2.34 bits per heavy atom. The molecule has 29 heavy (non-hydrogen) atoms. The van der Waals surface area contributed by atoms with Gasteiger partial charge in [-0.3, -0.25) is 4.79 Å². The molecular weight excluding hydrogens is 375 g/mol. The Bertz CT molecular complexity index is 612. The molecule has 5 heteroatoms. The summed E-state index contributed by atoms with van der Waals surface area (Å²) in [5.41, 5.74) is 0.523. The van der Waals surface area contributed by atoms with E-state index < -0.39 is 5.97 Å². The van der Waals surface area contributed by atoms with E-state index in [1.165, 1.54) is 25.7 Å². The molecule has 0 aromatic heterocycles. The van der Waals surface area contributed by atoms with Crippen molar-refractivity contribution >= 4 is 35.5 Å². The van der Waals surface area contributed by atoms with Crippen molar-refractivity contribution in [2.24, 2.45) is 46.3 Å². The maximum Gasteiger partial charge on any atom is 0.303 e. The first-order valence-electron chi connectivity index (χ1n) is 11.7. The van der Waals surface area contributed by atoms with E-state index in [1.807, 2.05) is 0 Å². The van der Waals surface area contributed by atoms with Gasteiger partial charge in [0, 0.05) is 36.0 Å². The third-order valence-corrected chi connectivity index (χ3v) is 10.2. The summed E-state index contributed by atoms with van der Waals surface area (Å²) in [5.74, 6) is 2.36. The van der Waals surface area contributed by atoms with E-state index in [4.69, 9.17) is 5.11 Å². The molecule has 0 unspecified atom stereocenters. The molecule has 4 aliphatic carbocycles. The summed E-state index contributed by atoms with van der Waals surface area (Å²) in [5, 5.41) is 30.5.